The first-order chi connectivity index (χ1) is 6.75. The van der Waals surface area contributed by atoms with Crippen LogP contribution in [0.3, 0.4) is 0 Å². The first-order valence-corrected chi connectivity index (χ1v) is 4.84. The lowest BCUT2D eigenvalue weighted by atomic mass is 10.1. The second-order valence-electron chi connectivity index (χ2n) is 3.19. The molecular formula is C12H15FO. The van der Waals surface area contributed by atoms with Crippen LogP contribution in [0.2, 0.25) is 0 Å². The van der Waals surface area contributed by atoms with Gasteiger partial charge in [-0.1, -0.05) is 43.7 Å². The lowest BCUT2D eigenvalue weighted by molar-refractivity contribution is 0.185. The van der Waals surface area contributed by atoms with Gasteiger partial charge in [0.25, 0.3) is 0 Å². The monoisotopic (exact) mass is 194 g/mol. The Labute approximate surface area is 83.9 Å². The molecule has 0 fully saturated rings. The number of aliphatic hydroxyl groups excluding tert-OH is 1. The van der Waals surface area contributed by atoms with Crippen molar-refractivity contribution in [3.8, 4) is 0 Å². The molecule has 0 heterocycles. The average Bonchev–Trinajstić information content (AvgIpc) is 2.26. The van der Waals surface area contributed by atoms with Gasteiger partial charge in [-0.2, -0.15) is 0 Å². The van der Waals surface area contributed by atoms with Gasteiger partial charge in [-0.15, -0.1) is 0 Å². The van der Waals surface area contributed by atoms with Crippen molar-refractivity contribution < 1.29 is 9.50 Å². The normalized spacial score (nSPS) is 14.1. The van der Waals surface area contributed by atoms with Crippen LogP contribution >= 0.6 is 0 Å². The number of halogens is 1. The summed E-state index contributed by atoms with van der Waals surface area (Å²) in [4.78, 5) is 0. The Morgan fingerprint density at radius 1 is 1.43 bits per heavy atom. The van der Waals surface area contributed by atoms with Crippen LogP contribution in [0, 0.1) is 0 Å². The van der Waals surface area contributed by atoms with E-state index in [-0.39, 0.29) is 0 Å². The van der Waals surface area contributed by atoms with E-state index in [9.17, 15) is 9.50 Å². The molecule has 1 unspecified atom stereocenters. The Bertz CT molecular complexity index is 292. The fraction of sp³-hybridized carbons (Fsp3) is 0.333. The second-order valence-corrected chi connectivity index (χ2v) is 3.19. The maximum atomic E-state index is 13.3. The van der Waals surface area contributed by atoms with Crippen LogP contribution in [0.5, 0.6) is 0 Å². The molecule has 0 amide bonds. The molecule has 0 spiro atoms. The van der Waals surface area contributed by atoms with Gasteiger partial charge in [0.2, 0.25) is 0 Å². The Hall–Kier alpha value is -1.15. The largest absolute Gasteiger partial charge is 0.381 e. The SMILES string of the molecule is CCC/C=C(\F)C(O)c1ccccc1. The molecule has 76 valence electrons. The summed E-state index contributed by atoms with van der Waals surface area (Å²) in [5.41, 5.74) is 0.595. The average molecular weight is 194 g/mol. The summed E-state index contributed by atoms with van der Waals surface area (Å²) >= 11 is 0. The molecule has 0 radical (unpaired) electrons. The molecule has 1 aromatic rings. The number of allylic oxidation sites excluding steroid dienone is 1. The minimum Gasteiger partial charge on any atom is -0.381 e. The number of hydrogen-bond donors (Lipinski definition) is 1. The smallest absolute Gasteiger partial charge is 0.130 e. The van der Waals surface area contributed by atoms with E-state index < -0.39 is 11.9 Å². The molecule has 1 aromatic carbocycles. The number of aliphatic hydroxyl groups is 1. The third-order valence-electron chi connectivity index (χ3n) is 2.00. The van der Waals surface area contributed by atoms with Crippen molar-refractivity contribution in [1.82, 2.24) is 0 Å². The van der Waals surface area contributed by atoms with Crippen molar-refractivity contribution in [2.45, 2.75) is 25.9 Å². The molecule has 0 saturated heterocycles. The molecule has 2 heteroatoms. The summed E-state index contributed by atoms with van der Waals surface area (Å²) in [6.07, 6.45) is 1.88. The first kappa shape index (κ1) is 10.9. The number of rotatable bonds is 4. The fourth-order valence-corrected chi connectivity index (χ4v) is 1.19. The maximum Gasteiger partial charge on any atom is 0.130 e. The summed E-state index contributed by atoms with van der Waals surface area (Å²) in [6.45, 7) is 1.97. The van der Waals surface area contributed by atoms with Crippen molar-refractivity contribution in [1.29, 1.82) is 0 Å². The van der Waals surface area contributed by atoms with Crippen LogP contribution in [0.1, 0.15) is 31.4 Å². The van der Waals surface area contributed by atoms with Gasteiger partial charge in [0.15, 0.2) is 0 Å². The second kappa shape index (κ2) is 5.55. The van der Waals surface area contributed by atoms with Gasteiger partial charge in [-0.25, -0.2) is 4.39 Å². The van der Waals surface area contributed by atoms with Gasteiger partial charge in [0, 0.05) is 0 Å². The van der Waals surface area contributed by atoms with E-state index in [1.54, 1.807) is 24.3 Å². The van der Waals surface area contributed by atoms with E-state index in [1.807, 2.05) is 13.0 Å². The predicted octanol–water partition coefficient (Wildman–Crippen LogP) is 3.37. The van der Waals surface area contributed by atoms with Gasteiger partial charge in [0.1, 0.15) is 11.9 Å². The zero-order valence-corrected chi connectivity index (χ0v) is 8.28. The van der Waals surface area contributed by atoms with Crippen LogP contribution in [0.25, 0.3) is 0 Å². The van der Waals surface area contributed by atoms with Crippen LogP contribution in [0.15, 0.2) is 42.2 Å². The Morgan fingerprint density at radius 2 is 2.07 bits per heavy atom. The number of hydrogen-bond acceptors (Lipinski definition) is 1. The van der Waals surface area contributed by atoms with Gasteiger partial charge in [0.05, 0.1) is 0 Å². The standard InChI is InChI=1S/C12H15FO/c1-2-3-9-11(13)12(14)10-7-5-4-6-8-10/h4-9,12,14H,2-3H2,1H3/b11-9-. The first-order valence-electron chi connectivity index (χ1n) is 4.84. The summed E-state index contributed by atoms with van der Waals surface area (Å²) in [5, 5.41) is 9.57. The van der Waals surface area contributed by atoms with E-state index >= 15 is 0 Å². The highest BCUT2D eigenvalue weighted by Gasteiger charge is 2.11. The third kappa shape index (κ3) is 2.96. The van der Waals surface area contributed by atoms with Crippen molar-refractivity contribution in [2.24, 2.45) is 0 Å². The highest BCUT2D eigenvalue weighted by atomic mass is 19.1. The zero-order valence-electron chi connectivity index (χ0n) is 8.28. The Kier molecular flexibility index (Phi) is 4.33. The van der Waals surface area contributed by atoms with Crippen molar-refractivity contribution in [3.63, 3.8) is 0 Å². The predicted molar refractivity (Wildman–Crippen MR) is 55.5 cm³/mol. The quantitative estimate of drug-likeness (QED) is 0.779. The topological polar surface area (TPSA) is 20.2 Å². The van der Waals surface area contributed by atoms with Gasteiger partial charge >= 0.3 is 0 Å². The molecule has 1 nitrogen and oxygen atoms in total. The van der Waals surface area contributed by atoms with Crippen LogP contribution in [-0.4, -0.2) is 5.11 Å². The van der Waals surface area contributed by atoms with Gasteiger partial charge < -0.3 is 5.11 Å². The fourth-order valence-electron chi connectivity index (χ4n) is 1.19. The lowest BCUT2D eigenvalue weighted by Gasteiger charge is -2.08. The van der Waals surface area contributed by atoms with Gasteiger partial charge in [-0.3, -0.25) is 0 Å². The Balaban J connectivity index is 2.70. The molecular weight excluding hydrogens is 179 g/mol. The molecule has 0 aliphatic rings. The summed E-state index contributed by atoms with van der Waals surface area (Å²) in [6, 6.07) is 8.83. The molecule has 1 atom stereocenters. The zero-order chi connectivity index (χ0) is 10.4. The van der Waals surface area contributed by atoms with Crippen LogP contribution in [-0.2, 0) is 0 Å². The highest BCUT2D eigenvalue weighted by molar-refractivity contribution is 5.23. The van der Waals surface area contributed by atoms with Crippen LogP contribution in [0.4, 0.5) is 4.39 Å². The maximum absolute atomic E-state index is 13.3. The van der Waals surface area contributed by atoms with E-state index in [1.165, 1.54) is 6.08 Å². The Morgan fingerprint density at radius 3 is 2.64 bits per heavy atom. The number of unbranched alkanes of at least 4 members (excludes halogenated alkanes) is 1. The third-order valence-corrected chi connectivity index (χ3v) is 2.00. The summed E-state index contributed by atoms with van der Waals surface area (Å²) in [5.74, 6) is -0.460. The molecule has 1 rings (SSSR count). The minimum absolute atomic E-state index is 0.460. The van der Waals surface area contributed by atoms with Gasteiger partial charge in [-0.05, 0) is 18.1 Å². The van der Waals surface area contributed by atoms with Crippen molar-refractivity contribution in [3.05, 3.63) is 47.8 Å². The summed E-state index contributed by atoms with van der Waals surface area (Å²) in [7, 11) is 0. The molecule has 0 bridgehead atoms. The minimum atomic E-state index is -1.11. The summed E-state index contributed by atoms with van der Waals surface area (Å²) < 4.78 is 13.3. The molecule has 14 heavy (non-hydrogen) atoms. The van der Waals surface area contributed by atoms with Crippen molar-refractivity contribution >= 4 is 0 Å². The molecule has 1 N–H and O–H groups in total. The van der Waals surface area contributed by atoms with E-state index in [4.69, 9.17) is 0 Å². The van der Waals surface area contributed by atoms with Crippen LogP contribution < -0.4 is 0 Å². The highest BCUT2D eigenvalue weighted by Crippen LogP contribution is 2.22. The molecule has 0 aliphatic carbocycles. The van der Waals surface area contributed by atoms with E-state index in [2.05, 4.69) is 0 Å². The van der Waals surface area contributed by atoms with E-state index in [0.29, 0.717) is 12.0 Å². The molecule has 0 aliphatic heterocycles. The number of benzene rings is 1. The molecule has 0 aromatic heterocycles. The molecule has 0 saturated carbocycles. The lowest BCUT2D eigenvalue weighted by Crippen LogP contribution is -1.97. The van der Waals surface area contributed by atoms with Crippen molar-refractivity contribution in [2.75, 3.05) is 0 Å². The van der Waals surface area contributed by atoms with E-state index in [0.717, 1.165) is 6.42 Å².